The molecule has 0 spiro atoms. The summed E-state index contributed by atoms with van der Waals surface area (Å²) in [6, 6.07) is 5.51. The Labute approximate surface area is 190 Å². The van der Waals surface area contributed by atoms with Gasteiger partial charge in [-0.3, -0.25) is 4.79 Å². The van der Waals surface area contributed by atoms with Crippen molar-refractivity contribution in [2.24, 2.45) is 0 Å². The van der Waals surface area contributed by atoms with Crippen LogP contribution >= 0.6 is 0 Å². The highest BCUT2D eigenvalue weighted by molar-refractivity contribution is 5.94. The second-order valence-corrected chi connectivity index (χ2v) is 9.75. The smallest absolute Gasteiger partial charge is 0.408 e. The Kier molecular flexibility index (Phi) is 7.21. The Morgan fingerprint density at radius 1 is 1.12 bits per heavy atom. The van der Waals surface area contributed by atoms with E-state index in [2.05, 4.69) is 20.7 Å². The van der Waals surface area contributed by atoms with Crippen LogP contribution in [0, 0.1) is 13.8 Å². The minimum absolute atomic E-state index is 0.216. The molecule has 2 N–H and O–H groups in total. The number of ether oxygens (including phenoxy) is 1. The summed E-state index contributed by atoms with van der Waals surface area (Å²) >= 11 is 0. The molecular formula is C24H35N5O3. The molecule has 0 saturated heterocycles. The fourth-order valence-electron chi connectivity index (χ4n) is 4.13. The minimum atomic E-state index is -0.571. The number of alkyl carbamates (subject to hydrolysis) is 1. The zero-order valence-corrected chi connectivity index (χ0v) is 19.8. The molecule has 0 aromatic carbocycles. The SMILES string of the molecule is Cc1cc(C)n(-c2ccc(C(=O)NCC3(NC(=O)OC(C)(C)C)CCCCCC3)cn2)n1. The quantitative estimate of drug-likeness (QED) is 0.677. The van der Waals surface area contributed by atoms with Crippen LogP contribution in [0.25, 0.3) is 5.82 Å². The van der Waals surface area contributed by atoms with Crippen molar-refractivity contribution in [1.82, 2.24) is 25.4 Å². The maximum atomic E-state index is 12.8. The van der Waals surface area contributed by atoms with Gasteiger partial charge in [0.15, 0.2) is 5.82 Å². The molecule has 2 amide bonds. The van der Waals surface area contributed by atoms with Crippen LogP contribution in [-0.4, -0.2) is 44.4 Å². The maximum absolute atomic E-state index is 12.8. The molecule has 1 aliphatic rings. The topological polar surface area (TPSA) is 98.1 Å². The fraction of sp³-hybridized carbons (Fsp3) is 0.583. The molecule has 0 bridgehead atoms. The third-order valence-corrected chi connectivity index (χ3v) is 5.65. The van der Waals surface area contributed by atoms with Crippen molar-refractivity contribution in [3.8, 4) is 5.82 Å². The summed E-state index contributed by atoms with van der Waals surface area (Å²) in [6.07, 6.45) is 7.00. The zero-order valence-electron chi connectivity index (χ0n) is 19.8. The van der Waals surface area contributed by atoms with E-state index in [1.807, 2.05) is 40.7 Å². The molecular weight excluding hydrogens is 406 g/mol. The average molecular weight is 442 g/mol. The molecule has 0 radical (unpaired) electrons. The lowest BCUT2D eigenvalue weighted by Gasteiger charge is -2.35. The molecule has 0 unspecified atom stereocenters. The summed E-state index contributed by atoms with van der Waals surface area (Å²) in [6.45, 7) is 9.78. The number of carbonyl (C=O) groups excluding carboxylic acids is 2. The normalized spacial score (nSPS) is 16.2. The molecule has 0 aliphatic heterocycles. The van der Waals surface area contributed by atoms with Gasteiger partial charge in [-0.25, -0.2) is 14.5 Å². The summed E-state index contributed by atoms with van der Waals surface area (Å²) in [5, 5.41) is 10.5. The predicted octanol–water partition coefficient (Wildman–Crippen LogP) is 4.23. The molecule has 0 atom stereocenters. The molecule has 32 heavy (non-hydrogen) atoms. The number of hydrogen-bond donors (Lipinski definition) is 2. The Morgan fingerprint density at radius 2 is 1.81 bits per heavy atom. The van der Waals surface area contributed by atoms with Gasteiger partial charge in [-0.2, -0.15) is 5.10 Å². The lowest BCUT2D eigenvalue weighted by atomic mass is 9.90. The van der Waals surface area contributed by atoms with Crippen molar-refractivity contribution in [2.75, 3.05) is 6.54 Å². The van der Waals surface area contributed by atoms with E-state index in [1.165, 1.54) is 0 Å². The molecule has 1 saturated carbocycles. The van der Waals surface area contributed by atoms with Crippen molar-refractivity contribution in [3.05, 3.63) is 41.3 Å². The van der Waals surface area contributed by atoms with E-state index in [0.29, 0.717) is 17.9 Å². The summed E-state index contributed by atoms with van der Waals surface area (Å²) in [7, 11) is 0. The molecule has 8 heteroatoms. The van der Waals surface area contributed by atoms with Gasteiger partial charge in [-0.15, -0.1) is 0 Å². The highest BCUT2D eigenvalue weighted by Crippen LogP contribution is 2.27. The first-order valence-corrected chi connectivity index (χ1v) is 11.4. The number of nitrogens with zero attached hydrogens (tertiary/aromatic N) is 3. The van der Waals surface area contributed by atoms with Crippen LogP contribution in [0.5, 0.6) is 0 Å². The van der Waals surface area contributed by atoms with Crippen LogP contribution < -0.4 is 10.6 Å². The number of nitrogens with one attached hydrogen (secondary N) is 2. The molecule has 3 rings (SSSR count). The number of carbonyl (C=O) groups is 2. The Balaban J connectivity index is 1.67. The van der Waals surface area contributed by atoms with E-state index < -0.39 is 17.2 Å². The Bertz CT molecular complexity index is 936. The summed E-state index contributed by atoms with van der Waals surface area (Å²) in [5.74, 6) is 0.450. The third-order valence-electron chi connectivity index (χ3n) is 5.65. The number of pyridine rings is 1. The van der Waals surface area contributed by atoms with Gasteiger partial charge >= 0.3 is 6.09 Å². The number of rotatable bonds is 5. The van der Waals surface area contributed by atoms with Crippen molar-refractivity contribution in [1.29, 1.82) is 0 Å². The first kappa shape index (κ1) is 23.8. The Hall–Kier alpha value is -2.90. The van der Waals surface area contributed by atoms with E-state index in [1.54, 1.807) is 23.0 Å². The summed E-state index contributed by atoms with van der Waals surface area (Å²) < 4.78 is 7.24. The highest BCUT2D eigenvalue weighted by atomic mass is 16.6. The first-order valence-electron chi connectivity index (χ1n) is 11.4. The van der Waals surface area contributed by atoms with Crippen LogP contribution in [0.1, 0.15) is 81.0 Å². The van der Waals surface area contributed by atoms with Crippen molar-refractivity contribution in [3.63, 3.8) is 0 Å². The van der Waals surface area contributed by atoms with Crippen LogP contribution in [-0.2, 0) is 4.74 Å². The predicted molar refractivity (Wildman–Crippen MR) is 123 cm³/mol. The van der Waals surface area contributed by atoms with Gasteiger partial charge in [0, 0.05) is 18.4 Å². The highest BCUT2D eigenvalue weighted by Gasteiger charge is 2.34. The molecule has 174 valence electrons. The minimum Gasteiger partial charge on any atom is -0.444 e. The van der Waals surface area contributed by atoms with Crippen LogP contribution in [0.2, 0.25) is 0 Å². The summed E-state index contributed by atoms with van der Waals surface area (Å²) in [5.41, 5.74) is 1.29. The van der Waals surface area contributed by atoms with E-state index in [-0.39, 0.29) is 5.91 Å². The number of hydrogen-bond acceptors (Lipinski definition) is 5. The van der Waals surface area contributed by atoms with Crippen molar-refractivity contribution in [2.45, 2.75) is 84.3 Å². The van der Waals surface area contributed by atoms with Crippen LogP contribution in [0.4, 0.5) is 4.79 Å². The van der Waals surface area contributed by atoms with Gasteiger partial charge in [0.05, 0.1) is 16.8 Å². The van der Waals surface area contributed by atoms with E-state index in [9.17, 15) is 9.59 Å². The fourth-order valence-corrected chi connectivity index (χ4v) is 4.13. The number of amides is 2. The van der Waals surface area contributed by atoms with Crippen molar-refractivity contribution < 1.29 is 14.3 Å². The van der Waals surface area contributed by atoms with Crippen molar-refractivity contribution >= 4 is 12.0 Å². The molecule has 2 aromatic heterocycles. The first-order chi connectivity index (χ1) is 15.1. The number of aryl methyl sites for hydroxylation is 2. The van der Waals surface area contributed by atoms with Crippen LogP contribution in [0.15, 0.2) is 24.4 Å². The standard InChI is InChI=1S/C24H35N5O3/c1-17-14-18(2)29(28-17)20-11-10-19(15-25-20)21(30)26-16-24(12-8-6-7-9-13-24)27-22(31)32-23(3,4)5/h10-11,14-15H,6-9,12-13,16H2,1-5H3,(H,26,30)(H,27,31). The van der Waals surface area contributed by atoms with Gasteiger partial charge in [-0.1, -0.05) is 25.7 Å². The van der Waals surface area contributed by atoms with E-state index in [0.717, 1.165) is 49.9 Å². The van der Waals surface area contributed by atoms with Gasteiger partial charge in [0.1, 0.15) is 5.60 Å². The van der Waals surface area contributed by atoms with Gasteiger partial charge in [-0.05, 0) is 65.7 Å². The summed E-state index contributed by atoms with van der Waals surface area (Å²) in [4.78, 5) is 29.7. The lowest BCUT2D eigenvalue weighted by Crippen LogP contribution is -2.56. The van der Waals surface area contributed by atoms with Gasteiger partial charge in [0.25, 0.3) is 5.91 Å². The second kappa shape index (κ2) is 9.71. The van der Waals surface area contributed by atoms with Gasteiger partial charge in [0.2, 0.25) is 0 Å². The van der Waals surface area contributed by atoms with Gasteiger partial charge < -0.3 is 15.4 Å². The average Bonchev–Trinajstić information content (AvgIpc) is 2.90. The van der Waals surface area contributed by atoms with E-state index in [4.69, 9.17) is 4.74 Å². The Morgan fingerprint density at radius 3 is 2.34 bits per heavy atom. The molecule has 2 heterocycles. The molecule has 1 aliphatic carbocycles. The zero-order chi connectivity index (χ0) is 23.4. The van der Waals surface area contributed by atoms with E-state index >= 15 is 0 Å². The second-order valence-electron chi connectivity index (χ2n) is 9.75. The number of aromatic nitrogens is 3. The molecule has 2 aromatic rings. The van der Waals surface area contributed by atoms with Crippen LogP contribution in [0.3, 0.4) is 0 Å². The maximum Gasteiger partial charge on any atom is 0.408 e. The molecule has 1 fully saturated rings. The lowest BCUT2D eigenvalue weighted by molar-refractivity contribution is 0.0437. The third kappa shape index (κ3) is 6.31. The molecule has 8 nitrogen and oxygen atoms in total. The monoisotopic (exact) mass is 441 g/mol. The largest absolute Gasteiger partial charge is 0.444 e.